The van der Waals surface area contributed by atoms with Crippen molar-refractivity contribution in [3.8, 4) is 5.69 Å². The Morgan fingerprint density at radius 1 is 0.912 bits per heavy atom. The zero-order valence-corrected chi connectivity index (χ0v) is 20.5. The van der Waals surface area contributed by atoms with Gasteiger partial charge in [0.25, 0.3) is 0 Å². The molecular formula is C28H27FN4S. The molecule has 3 heterocycles. The fraction of sp³-hybridized carbons (Fsp3) is 0.214. The van der Waals surface area contributed by atoms with E-state index < -0.39 is 0 Å². The van der Waals surface area contributed by atoms with Crippen molar-refractivity contribution in [1.82, 2.24) is 14.9 Å². The molecule has 2 aromatic carbocycles. The van der Waals surface area contributed by atoms with Crippen LogP contribution >= 0.6 is 12.2 Å². The second kappa shape index (κ2) is 8.69. The lowest BCUT2D eigenvalue weighted by Crippen LogP contribution is -2.29. The zero-order chi connectivity index (χ0) is 24.0. The predicted octanol–water partition coefficient (Wildman–Crippen LogP) is 6.42. The van der Waals surface area contributed by atoms with Gasteiger partial charge in [-0.3, -0.25) is 4.98 Å². The summed E-state index contributed by atoms with van der Waals surface area (Å²) in [6.45, 7) is 8.19. The Morgan fingerprint density at radius 2 is 1.68 bits per heavy atom. The zero-order valence-electron chi connectivity index (χ0n) is 19.7. The Balaban J connectivity index is 1.70. The maximum atomic E-state index is 14.1. The van der Waals surface area contributed by atoms with Crippen molar-refractivity contribution in [2.45, 2.75) is 39.8 Å². The topological polar surface area (TPSA) is 33.1 Å². The van der Waals surface area contributed by atoms with E-state index in [4.69, 9.17) is 12.2 Å². The number of rotatable bonds is 4. The first-order valence-electron chi connectivity index (χ1n) is 11.4. The average molecular weight is 471 g/mol. The van der Waals surface area contributed by atoms with E-state index in [1.165, 1.54) is 11.6 Å². The Morgan fingerprint density at radius 3 is 2.38 bits per heavy atom. The molecule has 4 aromatic rings. The van der Waals surface area contributed by atoms with Crippen molar-refractivity contribution in [3.05, 3.63) is 113 Å². The van der Waals surface area contributed by atoms with E-state index in [9.17, 15) is 4.39 Å². The maximum absolute atomic E-state index is 14.1. The Bertz CT molecular complexity index is 1380. The SMILES string of the molecule is Cc1cc(N2C(=S)N[C@@H](c3ccccn3)[C@H]2c2cc(C)n(-c3ccccc3C)c2C)ccc1F. The fourth-order valence-corrected chi connectivity index (χ4v) is 5.35. The lowest BCUT2D eigenvalue weighted by Gasteiger charge is -2.28. The van der Waals surface area contributed by atoms with Gasteiger partial charge in [0.1, 0.15) is 5.82 Å². The molecule has 0 spiro atoms. The molecule has 1 saturated heterocycles. The van der Waals surface area contributed by atoms with Gasteiger partial charge in [0.05, 0.1) is 17.8 Å². The van der Waals surface area contributed by atoms with Gasteiger partial charge < -0.3 is 14.8 Å². The Labute approximate surface area is 205 Å². The Hall–Kier alpha value is -3.51. The number of para-hydroxylation sites is 1. The highest BCUT2D eigenvalue weighted by molar-refractivity contribution is 7.80. The minimum Gasteiger partial charge on any atom is -0.351 e. The van der Waals surface area contributed by atoms with Crippen LogP contribution in [0.2, 0.25) is 0 Å². The fourth-order valence-electron chi connectivity index (χ4n) is 5.00. The normalized spacial score (nSPS) is 17.8. The number of halogens is 1. The lowest BCUT2D eigenvalue weighted by molar-refractivity contribution is 0.564. The molecule has 0 aliphatic carbocycles. The third-order valence-electron chi connectivity index (χ3n) is 6.66. The molecule has 6 heteroatoms. The van der Waals surface area contributed by atoms with Crippen LogP contribution in [0.1, 0.15) is 45.9 Å². The first kappa shape index (κ1) is 22.3. The second-order valence-corrected chi connectivity index (χ2v) is 9.27. The number of anilines is 1. The molecule has 0 amide bonds. The molecule has 4 nitrogen and oxygen atoms in total. The number of thiocarbonyl (C=S) groups is 1. The highest BCUT2D eigenvalue weighted by Crippen LogP contribution is 2.44. The summed E-state index contributed by atoms with van der Waals surface area (Å²) in [5, 5.41) is 4.10. The molecule has 1 aliphatic rings. The van der Waals surface area contributed by atoms with Gasteiger partial charge in [0.15, 0.2) is 5.11 Å². The molecule has 1 aliphatic heterocycles. The largest absolute Gasteiger partial charge is 0.351 e. The molecule has 1 N–H and O–H groups in total. The van der Waals surface area contributed by atoms with E-state index in [1.807, 2.05) is 24.3 Å². The van der Waals surface area contributed by atoms with Gasteiger partial charge in [-0.25, -0.2) is 4.39 Å². The van der Waals surface area contributed by atoms with Crippen LogP contribution in [0, 0.1) is 33.5 Å². The van der Waals surface area contributed by atoms with Crippen molar-refractivity contribution >= 4 is 23.0 Å². The number of nitrogens with zero attached hydrogens (tertiary/aromatic N) is 3. The molecular weight excluding hydrogens is 443 g/mol. The van der Waals surface area contributed by atoms with Crippen LogP contribution < -0.4 is 10.2 Å². The summed E-state index contributed by atoms with van der Waals surface area (Å²) in [5.41, 5.74) is 8.19. The third-order valence-corrected chi connectivity index (χ3v) is 6.98. The second-order valence-electron chi connectivity index (χ2n) is 8.88. The van der Waals surface area contributed by atoms with Crippen LogP contribution in [0.4, 0.5) is 10.1 Å². The molecule has 5 rings (SSSR count). The molecule has 2 atom stereocenters. The Kier molecular flexibility index (Phi) is 5.70. The van der Waals surface area contributed by atoms with E-state index in [1.54, 1.807) is 19.2 Å². The summed E-state index contributed by atoms with van der Waals surface area (Å²) in [6.07, 6.45) is 1.80. The summed E-state index contributed by atoms with van der Waals surface area (Å²) < 4.78 is 16.4. The molecule has 1 fully saturated rings. The number of nitrogens with one attached hydrogen (secondary N) is 1. The smallest absolute Gasteiger partial charge is 0.174 e. The average Bonchev–Trinajstić information content (AvgIpc) is 3.32. The first-order chi connectivity index (χ1) is 16.4. The van der Waals surface area contributed by atoms with Crippen molar-refractivity contribution in [2.24, 2.45) is 0 Å². The first-order valence-corrected chi connectivity index (χ1v) is 11.8. The van der Waals surface area contributed by atoms with Gasteiger partial charge in [0, 0.05) is 29.0 Å². The summed E-state index contributed by atoms with van der Waals surface area (Å²) in [4.78, 5) is 6.75. The number of hydrogen-bond donors (Lipinski definition) is 1. The van der Waals surface area contributed by atoms with Gasteiger partial charge in [-0.1, -0.05) is 24.3 Å². The van der Waals surface area contributed by atoms with Crippen molar-refractivity contribution in [2.75, 3.05) is 4.90 Å². The highest BCUT2D eigenvalue weighted by Gasteiger charge is 2.42. The van der Waals surface area contributed by atoms with Gasteiger partial charge >= 0.3 is 0 Å². The van der Waals surface area contributed by atoms with Gasteiger partial charge in [0.2, 0.25) is 0 Å². The summed E-state index contributed by atoms with van der Waals surface area (Å²) in [5.74, 6) is -0.225. The van der Waals surface area contributed by atoms with Crippen LogP contribution in [-0.4, -0.2) is 14.7 Å². The molecule has 2 aromatic heterocycles. The maximum Gasteiger partial charge on any atom is 0.174 e. The monoisotopic (exact) mass is 470 g/mol. The molecule has 172 valence electrons. The number of pyridine rings is 1. The standard InChI is InChI=1S/C28H27FN4S/c1-17-9-5-6-11-25(17)32-19(3)16-22(20(32)4)27-26(24-10-7-8-14-30-24)31-28(34)33(27)21-12-13-23(29)18(2)15-21/h5-16,26-27H,1-4H3,(H,31,34)/t26-,27+/m0/s1. The highest BCUT2D eigenvalue weighted by atomic mass is 32.1. The quantitative estimate of drug-likeness (QED) is 0.349. The summed E-state index contributed by atoms with van der Waals surface area (Å²) >= 11 is 5.84. The van der Waals surface area contributed by atoms with E-state index in [-0.39, 0.29) is 17.9 Å². The molecule has 0 radical (unpaired) electrons. The van der Waals surface area contributed by atoms with E-state index in [0.29, 0.717) is 10.7 Å². The molecule has 0 bridgehead atoms. The van der Waals surface area contributed by atoms with E-state index in [2.05, 4.69) is 70.9 Å². The van der Waals surface area contributed by atoms with Crippen LogP contribution in [-0.2, 0) is 0 Å². The van der Waals surface area contributed by atoms with Gasteiger partial charge in [-0.2, -0.15) is 0 Å². The minimum atomic E-state index is -0.225. The van der Waals surface area contributed by atoms with Crippen molar-refractivity contribution in [3.63, 3.8) is 0 Å². The van der Waals surface area contributed by atoms with Gasteiger partial charge in [-0.15, -0.1) is 0 Å². The van der Waals surface area contributed by atoms with Crippen LogP contribution in [0.5, 0.6) is 0 Å². The van der Waals surface area contributed by atoms with Crippen LogP contribution in [0.15, 0.2) is 72.9 Å². The minimum absolute atomic E-state index is 0.142. The number of benzene rings is 2. The summed E-state index contributed by atoms with van der Waals surface area (Å²) in [6, 6.07) is 21.4. The van der Waals surface area contributed by atoms with E-state index in [0.717, 1.165) is 34.0 Å². The van der Waals surface area contributed by atoms with Crippen molar-refractivity contribution < 1.29 is 4.39 Å². The van der Waals surface area contributed by atoms with Crippen LogP contribution in [0.3, 0.4) is 0 Å². The number of aryl methyl sites for hydroxylation is 3. The van der Waals surface area contributed by atoms with E-state index >= 15 is 0 Å². The number of hydrogen-bond acceptors (Lipinski definition) is 2. The molecule has 0 saturated carbocycles. The number of aromatic nitrogens is 2. The van der Waals surface area contributed by atoms with Gasteiger partial charge in [-0.05, 0) is 99.1 Å². The molecule has 0 unspecified atom stereocenters. The van der Waals surface area contributed by atoms with Crippen molar-refractivity contribution in [1.29, 1.82) is 0 Å². The van der Waals surface area contributed by atoms with Crippen LogP contribution in [0.25, 0.3) is 5.69 Å². The predicted molar refractivity (Wildman–Crippen MR) is 139 cm³/mol. The summed E-state index contributed by atoms with van der Waals surface area (Å²) in [7, 11) is 0. The lowest BCUT2D eigenvalue weighted by atomic mass is 9.96. The molecule has 34 heavy (non-hydrogen) atoms. The third kappa shape index (κ3) is 3.68.